The van der Waals surface area contributed by atoms with Crippen LogP contribution in [0, 0.1) is 0 Å². The van der Waals surface area contributed by atoms with Crippen LogP contribution in [-0.4, -0.2) is 0 Å². The lowest BCUT2D eigenvalue weighted by atomic mass is 9.93. The maximum atomic E-state index is 6.92. The predicted molar refractivity (Wildman–Crippen MR) is 233 cm³/mol. The van der Waals surface area contributed by atoms with E-state index >= 15 is 0 Å². The van der Waals surface area contributed by atoms with E-state index < -0.39 is 0 Å². The number of hydrogen-bond donors (Lipinski definition) is 0. The van der Waals surface area contributed by atoms with Crippen molar-refractivity contribution >= 4 is 85.8 Å². The largest absolute Gasteiger partial charge is 0.455 e. The van der Waals surface area contributed by atoms with Gasteiger partial charge >= 0.3 is 0 Å². The molecular formula is C52H32OS. The third kappa shape index (κ3) is 4.92. The van der Waals surface area contributed by atoms with Crippen molar-refractivity contribution in [3.63, 3.8) is 0 Å². The SMILES string of the molecule is c1ccc(-c2ccc3cc(-c4ccccccc(-c5ccc6c(c5)oc5c7ccccc7c7sc8ccccc8c7c65)c5ccccc45)ccc3c2)cc1. The predicted octanol–water partition coefficient (Wildman–Crippen LogP) is 15.5. The maximum Gasteiger partial charge on any atom is 0.143 e. The minimum absolute atomic E-state index is 0.898. The summed E-state index contributed by atoms with van der Waals surface area (Å²) >= 11 is 1.87. The van der Waals surface area contributed by atoms with Crippen molar-refractivity contribution in [3.05, 3.63) is 194 Å². The van der Waals surface area contributed by atoms with Gasteiger partial charge in [-0.3, -0.25) is 0 Å². The molecule has 0 radical (unpaired) electrons. The van der Waals surface area contributed by atoms with E-state index in [1.807, 2.05) is 11.3 Å². The Morgan fingerprint density at radius 1 is 0.333 bits per heavy atom. The quantitative estimate of drug-likeness (QED) is 0.178. The van der Waals surface area contributed by atoms with E-state index in [-0.39, 0.29) is 0 Å². The zero-order valence-electron chi connectivity index (χ0n) is 29.3. The third-order valence-electron chi connectivity index (χ3n) is 10.9. The molecule has 2 heteroatoms. The minimum Gasteiger partial charge on any atom is -0.455 e. The molecule has 54 heavy (non-hydrogen) atoms. The summed E-state index contributed by atoms with van der Waals surface area (Å²) in [6.07, 6.45) is 0. The van der Waals surface area contributed by atoms with Crippen LogP contribution >= 0.6 is 11.3 Å². The first-order chi connectivity index (χ1) is 26.8. The number of fused-ring (bicyclic) bond motifs is 12. The molecule has 1 nitrogen and oxygen atoms in total. The highest BCUT2D eigenvalue weighted by Gasteiger charge is 2.20. The van der Waals surface area contributed by atoms with Crippen LogP contribution < -0.4 is 0 Å². The van der Waals surface area contributed by atoms with Crippen molar-refractivity contribution in [1.29, 1.82) is 0 Å². The standard InChI is InChI=1S/C52H32OS/c1-2-7-17-40(38-28-29-45-47(32-38)53-51-43-20-10-11-21-44(43)52-50(49(45)51)46-22-12-13-23-48(46)54-52)42-19-9-8-18-41(42)39(16-6-1)37-27-26-35-30-34(24-25-36(35)31-37)33-14-4-3-5-15-33/h1-32H. The Morgan fingerprint density at radius 2 is 0.870 bits per heavy atom. The van der Waals surface area contributed by atoms with Crippen molar-refractivity contribution in [2.45, 2.75) is 0 Å². The Kier molecular flexibility index (Phi) is 7.11. The van der Waals surface area contributed by atoms with E-state index in [4.69, 9.17) is 4.42 Å². The molecule has 0 aliphatic carbocycles. The molecule has 2 aromatic heterocycles. The molecule has 0 N–H and O–H groups in total. The van der Waals surface area contributed by atoms with Crippen LogP contribution in [0.4, 0.5) is 0 Å². The Bertz CT molecular complexity index is 3330. The van der Waals surface area contributed by atoms with Gasteiger partial charge in [-0.25, -0.2) is 0 Å². The third-order valence-corrected chi connectivity index (χ3v) is 12.1. The number of thiophene rings is 1. The second-order valence-corrected chi connectivity index (χ2v) is 15.0. The van der Waals surface area contributed by atoms with Gasteiger partial charge in [-0.15, -0.1) is 11.3 Å². The molecule has 0 saturated carbocycles. The van der Waals surface area contributed by atoms with Crippen molar-refractivity contribution in [2.24, 2.45) is 0 Å². The summed E-state index contributed by atoms with van der Waals surface area (Å²) in [5.74, 6) is 0. The van der Waals surface area contributed by atoms with Gasteiger partial charge in [-0.1, -0.05) is 164 Å². The molecule has 252 valence electrons. The Morgan fingerprint density at radius 3 is 1.61 bits per heavy atom. The summed E-state index contributed by atoms with van der Waals surface area (Å²) in [4.78, 5) is 0. The average Bonchev–Trinajstić information content (AvgIpc) is 3.81. The minimum atomic E-state index is 0.898. The lowest BCUT2D eigenvalue weighted by Gasteiger charge is -2.11. The Hall–Kier alpha value is -6.74. The molecule has 0 fully saturated rings. The average molecular weight is 705 g/mol. The van der Waals surface area contributed by atoms with Crippen molar-refractivity contribution in [2.75, 3.05) is 0 Å². The van der Waals surface area contributed by atoms with Crippen LogP contribution in [-0.2, 0) is 0 Å². The second-order valence-electron chi connectivity index (χ2n) is 14.0. The smallest absolute Gasteiger partial charge is 0.143 e. The van der Waals surface area contributed by atoms with E-state index in [0.717, 1.165) is 33.1 Å². The zero-order valence-corrected chi connectivity index (χ0v) is 30.1. The normalized spacial score (nSPS) is 11.7. The first-order valence-electron chi connectivity index (χ1n) is 18.4. The summed E-state index contributed by atoms with van der Waals surface area (Å²) in [6.45, 7) is 0. The van der Waals surface area contributed by atoms with E-state index in [9.17, 15) is 0 Å². The fraction of sp³-hybridized carbons (Fsp3) is 0. The molecule has 11 rings (SSSR count). The first kappa shape index (κ1) is 30.8. The van der Waals surface area contributed by atoms with Crippen LogP contribution in [0.3, 0.4) is 0 Å². The van der Waals surface area contributed by atoms with E-state index in [1.165, 1.54) is 74.7 Å². The summed E-state index contributed by atoms with van der Waals surface area (Å²) in [5.41, 5.74) is 8.94. The summed E-state index contributed by atoms with van der Waals surface area (Å²) in [7, 11) is 0. The maximum absolute atomic E-state index is 6.92. The molecule has 9 aromatic carbocycles. The summed E-state index contributed by atoms with van der Waals surface area (Å²) in [5, 5.41) is 12.1. The second kappa shape index (κ2) is 12.4. The molecule has 11 aromatic rings. The molecule has 0 aliphatic heterocycles. The van der Waals surface area contributed by atoms with E-state index in [2.05, 4.69) is 194 Å². The highest BCUT2D eigenvalue weighted by molar-refractivity contribution is 7.27. The van der Waals surface area contributed by atoms with Gasteiger partial charge in [0.05, 0.1) is 0 Å². The number of benzene rings is 8. The first-order valence-corrected chi connectivity index (χ1v) is 19.2. The van der Waals surface area contributed by atoms with Gasteiger partial charge in [-0.05, 0) is 85.3 Å². The van der Waals surface area contributed by atoms with Gasteiger partial charge in [-0.2, -0.15) is 0 Å². The molecule has 0 amide bonds. The number of furan rings is 1. The van der Waals surface area contributed by atoms with Crippen LogP contribution in [0.5, 0.6) is 0 Å². The Labute approximate surface area is 316 Å². The van der Waals surface area contributed by atoms with Gasteiger partial charge in [0.25, 0.3) is 0 Å². The van der Waals surface area contributed by atoms with Gasteiger partial charge in [0, 0.05) is 41.7 Å². The number of hydrogen-bond acceptors (Lipinski definition) is 2. The molecule has 0 atom stereocenters. The highest BCUT2D eigenvalue weighted by Crippen LogP contribution is 2.48. The fourth-order valence-electron chi connectivity index (χ4n) is 8.36. The van der Waals surface area contributed by atoms with Crippen LogP contribution in [0.2, 0.25) is 0 Å². The van der Waals surface area contributed by atoms with E-state index in [1.54, 1.807) is 0 Å². The van der Waals surface area contributed by atoms with Crippen molar-refractivity contribution in [1.82, 2.24) is 0 Å². The lowest BCUT2D eigenvalue weighted by Crippen LogP contribution is -1.84. The summed E-state index contributed by atoms with van der Waals surface area (Å²) < 4.78 is 9.53. The topological polar surface area (TPSA) is 13.1 Å². The van der Waals surface area contributed by atoms with Gasteiger partial charge in [0.2, 0.25) is 0 Å². The molecule has 2 heterocycles. The fourth-order valence-corrected chi connectivity index (χ4v) is 9.60. The van der Waals surface area contributed by atoms with Crippen LogP contribution in [0.15, 0.2) is 199 Å². The zero-order chi connectivity index (χ0) is 35.6. The van der Waals surface area contributed by atoms with Crippen LogP contribution in [0.1, 0.15) is 0 Å². The monoisotopic (exact) mass is 704 g/mol. The van der Waals surface area contributed by atoms with Gasteiger partial charge < -0.3 is 4.42 Å². The molecule has 0 aliphatic rings. The van der Waals surface area contributed by atoms with Crippen LogP contribution in [0.25, 0.3) is 108 Å². The van der Waals surface area contributed by atoms with Crippen molar-refractivity contribution in [3.8, 4) is 33.4 Å². The highest BCUT2D eigenvalue weighted by atomic mass is 32.1. The lowest BCUT2D eigenvalue weighted by molar-refractivity contribution is 0.673. The van der Waals surface area contributed by atoms with E-state index in [0.29, 0.717) is 0 Å². The van der Waals surface area contributed by atoms with Gasteiger partial charge in [0.15, 0.2) is 0 Å². The molecule has 0 bridgehead atoms. The summed E-state index contributed by atoms with van der Waals surface area (Å²) in [6, 6.07) is 70.2. The molecular weight excluding hydrogens is 673 g/mol. The Balaban J connectivity index is 1.13. The molecule has 0 unspecified atom stereocenters. The molecule has 0 saturated heterocycles. The number of rotatable bonds is 3. The molecule has 0 spiro atoms. The van der Waals surface area contributed by atoms with Crippen molar-refractivity contribution < 1.29 is 4.42 Å². The van der Waals surface area contributed by atoms with Gasteiger partial charge in [0.1, 0.15) is 11.2 Å².